The second-order valence-electron chi connectivity index (χ2n) is 7.10. The van der Waals surface area contributed by atoms with Crippen LogP contribution >= 0.6 is 0 Å². The van der Waals surface area contributed by atoms with E-state index in [9.17, 15) is 0 Å². The summed E-state index contributed by atoms with van der Waals surface area (Å²) >= 11 is 0. The van der Waals surface area contributed by atoms with Crippen molar-refractivity contribution in [3.05, 3.63) is 36.0 Å². The van der Waals surface area contributed by atoms with Crippen LogP contribution in [-0.2, 0) is 6.42 Å². The number of aliphatic imine (C=N–C) groups is 1. The molecule has 2 heterocycles. The summed E-state index contributed by atoms with van der Waals surface area (Å²) in [5.41, 5.74) is 1.22. The lowest BCUT2D eigenvalue weighted by Gasteiger charge is -2.37. The number of guanidine groups is 1. The number of hydrogen-bond donors (Lipinski definition) is 1. The molecule has 3 rings (SSSR count). The van der Waals surface area contributed by atoms with Crippen LogP contribution in [0.5, 0.6) is 5.75 Å². The maximum Gasteiger partial charge on any atom is 0.228 e. The smallest absolute Gasteiger partial charge is 0.228 e. The van der Waals surface area contributed by atoms with Gasteiger partial charge in [-0.2, -0.15) is 4.98 Å². The van der Waals surface area contributed by atoms with Gasteiger partial charge in [0.25, 0.3) is 0 Å². The zero-order valence-corrected chi connectivity index (χ0v) is 17.2. The normalized spacial score (nSPS) is 15.2. The molecule has 1 aliphatic rings. The standard InChI is InChI=1S/C20H30N6O2/c1-15(2)19-23-18(28-24-19)9-10-22-20(21-3)26-13-11-25(12-14-26)16-5-7-17(27-4)8-6-16/h5-8,15H,9-14H2,1-4H3,(H,21,22). The average molecular weight is 387 g/mol. The van der Waals surface area contributed by atoms with Crippen molar-refractivity contribution < 1.29 is 9.26 Å². The molecule has 28 heavy (non-hydrogen) atoms. The van der Waals surface area contributed by atoms with Gasteiger partial charge >= 0.3 is 0 Å². The lowest BCUT2D eigenvalue weighted by molar-refractivity contribution is 0.362. The first-order chi connectivity index (χ1) is 13.6. The number of nitrogens with one attached hydrogen (secondary N) is 1. The minimum absolute atomic E-state index is 0.278. The van der Waals surface area contributed by atoms with Crippen LogP contribution in [0.3, 0.4) is 0 Å². The van der Waals surface area contributed by atoms with Crippen molar-refractivity contribution >= 4 is 11.6 Å². The lowest BCUT2D eigenvalue weighted by atomic mass is 10.2. The highest BCUT2D eigenvalue weighted by Crippen LogP contribution is 2.20. The molecule has 0 aliphatic carbocycles. The minimum atomic E-state index is 0.278. The van der Waals surface area contributed by atoms with E-state index >= 15 is 0 Å². The van der Waals surface area contributed by atoms with Crippen LogP contribution in [-0.4, -0.2) is 67.9 Å². The topological polar surface area (TPSA) is 79.0 Å². The number of rotatable bonds is 6. The van der Waals surface area contributed by atoms with E-state index in [1.165, 1.54) is 5.69 Å². The van der Waals surface area contributed by atoms with Crippen molar-refractivity contribution in [3.63, 3.8) is 0 Å². The van der Waals surface area contributed by atoms with Gasteiger partial charge in [-0.05, 0) is 24.3 Å². The van der Waals surface area contributed by atoms with E-state index in [1.807, 2.05) is 19.2 Å². The Morgan fingerprint density at radius 2 is 1.93 bits per heavy atom. The predicted molar refractivity (Wildman–Crippen MR) is 110 cm³/mol. The molecular formula is C20H30N6O2. The second kappa shape index (κ2) is 9.43. The van der Waals surface area contributed by atoms with E-state index in [0.29, 0.717) is 18.9 Å². The van der Waals surface area contributed by atoms with E-state index in [4.69, 9.17) is 9.26 Å². The molecule has 0 amide bonds. The van der Waals surface area contributed by atoms with Gasteiger partial charge in [0, 0.05) is 57.8 Å². The summed E-state index contributed by atoms with van der Waals surface area (Å²) in [6.07, 6.45) is 0.685. The van der Waals surface area contributed by atoms with E-state index in [1.54, 1.807) is 7.11 Å². The molecule has 0 radical (unpaired) electrons. The maximum absolute atomic E-state index is 5.30. The monoisotopic (exact) mass is 386 g/mol. The second-order valence-corrected chi connectivity index (χ2v) is 7.10. The highest BCUT2D eigenvalue weighted by Gasteiger charge is 2.20. The van der Waals surface area contributed by atoms with Crippen LogP contribution in [0.15, 0.2) is 33.8 Å². The molecule has 1 aromatic heterocycles. The molecule has 0 unspecified atom stereocenters. The Bertz CT molecular complexity index is 763. The summed E-state index contributed by atoms with van der Waals surface area (Å²) < 4.78 is 10.5. The number of nitrogens with zero attached hydrogens (tertiary/aromatic N) is 5. The van der Waals surface area contributed by atoms with Crippen molar-refractivity contribution in [2.75, 3.05) is 51.8 Å². The van der Waals surface area contributed by atoms with Gasteiger partial charge in [-0.25, -0.2) is 0 Å². The Labute approximate surface area is 166 Å². The molecule has 0 atom stereocenters. The third kappa shape index (κ3) is 4.94. The molecule has 8 nitrogen and oxygen atoms in total. The van der Waals surface area contributed by atoms with Gasteiger partial charge in [0.05, 0.1) is 7.11 Å². The van der Waals surface area contributed by atoms with Crippen LogP contribution in [0.2, 0.25) is 0 Å². The number of anilines is 1. The predicted octanol–water partition coefficient (Wildman–Crippen LogP) is 2.14. The molecule has 1 aliphatic heterocycles. The number of benzene rings is 1. The Morgan fingerprint density at radius 1 is 1.21 bits per heavy atom. The summed E-state index contributed by atoms with van der Waals surface area (Å²) in [7, 11) is 3.51. The van der Waals surface area contributed by atoms with Crippen molar-refractivity contribution in [1.82, 2.24) is 20.4 Å². The van der Waals surface area contributed by atoms with Crippen LogP contribution in [0.4, 0.5) is 5.69 Å². The van der Waals surface area contributed by atoms with Gasteiger partial charge in [0.2, 0.25) is 5.89 Å². The van der Waals surface area contributed by atoms with Gasteiger partial charge in [-0.3, -0.25) is 4.99 Å². The fourth-order valence-electron chi connectivity index (χ4n) is 3.19. The van der Waals surface area contributed by atoms with E-state index in [2.05, 4.69) is 56.2 Å². The summed E-state index contributed by atoms with van der Waals surface area (Å²) in [6, 6.07) is 8.23. The first-order valence-electron chi connectivity index (χ1n) is 9.77. The lowest BCUT2D eigenvalue weighted by Crippen LogP contribution is -2.52. The molecular weight excluding hydrogens is 356 g/mol. The highest BCUT2D eigenvalue weighted by molar-refractivity contribution is 5.80. The summed E-state index contributed by atoms with van der Waals surface area (Å²) in [6.45, 7) is 8.57. The quantitative estimate of drug-likeness (QED) is 0.602. The Morgan fingerprint density at radius 3 is 2.50 bits per heavy atom. The molecule has 8 heteroatoms. The molecule has 0 spiro atoms. The number of methoxy groups -OCH3 is 1. The number of aromatic nitrogens is 2. The zero-order chi connectivity index (χ0) is 19.9. The van der Waals surface area contributed by atoms with Crippen LogP contribution < -0.4 is 15.0 Å². The van der Waals surface area contributed by atoms with Crippen molar-refractivity contribution in [3.8, 4) is 5.75 Å². The van der Waals surface area contributed by atoms with Gasteiger partial charge in [0.1, 0.15) is 5.75 Å². The zero-order valence-electron chi connectivity index (χ0n) is 17.2. The molecule has 0 bridgehead atoms. The van der Waals surface area contributed by atoms with Gasteiger partial charge in [-0.1, -0.05) is 19.0 Å². The van der Waals surface area contributed by atoms with Crippen molar-refractivity contribution in [1.29, 1.82) is 0 Å². The Hall–Kier alpha value is -2.77. The van der Waals surface area contributed by atoms with Crippen LogP contribution in [0, 0.1) is 0 Å². The van der Waals surface area contributed by atoms with E-state index in [-0.39, 0.29) is 5.92 Å². The van der Waals surface area contributed by atoms with E-state index < -0.39 is 0 Å². The van der Waals surface area contributed by atoms with Crippen LogP contribution in [0.1, 0.15) is 31.5 Å². The first-order valence-corrected chi connectivity index (χ1v) is 9.77. The summed E-state index contributed by atoms with van der Waals surface area (Å²) in [5.74, 6) is 3.50. The number of hydrogen-bond acceptors (Lipinski definition) is 6. The van der Waals surface area contributed by atoms with Gasteiger partial charge < -0.3 is 24.4 Å². The fraction of sp³-hybridized carbons (Fsp3) is 0.550. The van der Waals surface area contributed by atoms with Crippen molar-refractivity contribution in [2.24, 2.45) is 4.99 Å². The largest absolute Gasteiger partial charge is 0.497 e. The summed E-state index contributed by atoms with van der Waals surface area (Å²) in [5, 5.41) is 7.41. The van der Waals surface area contributed by atoms with Crippen LogP contribution in [0.25, 0.3) is 0 Å². The SMILES string of the molecule is CN=C(NCCc1nc(C(C)C)no1)N1CCN(c2ccc(OC)cc2)CC1. The highest BCUT2D eigenvalue weighted by atomic mass is 16.5. The van der Waals surface area contributed by atoms with E-state index in [0.717, 1.165) is 43.7 Å². The average Bonchev–Trinajstić information content (AvgIpc) is 3.21. The van der Waals surface area contributed by atoms with Crippen molar-refractivity contribution in [2.45, 2.75) is 26.2 Å². The van der Waals surface area contributed by atoms with Gasteiger partial charge in [-0.15, -0.1) is 0 Å². The molecule has 1 fully saturated rings. The molecule has 1 aromatic carbocycles. The Balaban J connectivity index is 1.46. The molecule has 2 aromatic rings. The fourth-order valence-corrected chi connectivity index (χ4v) is 3.19. The Kier molecular flexibility index (Phi) is 6.73. The van der Waals surface area contributed by atoms with Gasteiger partial charge in [0.15, 0.2) is 11.8 Å². The third-order valence-electron chi connectivity index (χ3n) is 4.85. The molecule has 0 saturated carbocycles. The molecule has 152 valence electrons. The molecule has 1 N–H and O–H groups in total. The molecule has 1 saturated heterocycles. The third-order valence-corrected chi connectivity index (χ3v) is 4.85. The minimum Gasteiger partial charge on any atom is -0.497 e. The first kappa shape index (κ1) is 20.0. The number of piperazine rings is 1. The summed E-state index contributed by atoms with van der Waals surface area (Å²) in [4.78, 5) is 13.5. The number of ether oxygens (including phenoxy) is 1. The maximum atomic E-state index is 5.30.